The van der Waals surface area contributed by atoms with Gasteiger partial charge in [0, 0.05) is 11.8 Å². The van der Waals surface area contributed by atoms with E-state index in [1.54, 1.807) is 0 Å². The molecular formula is C11H17N3O7. The summed E-state index contributed by atoms with van der Waals surface area (Å²) in [6.45, 7) is -1.25. The Balaban J connectivity index is 2.42. The summed E-state index contributed by atoms with van der Waals surface area (Å²) in [5.41, 5.74) is 4.87. The number of aliphatic hydroxyl groups is 5. The van der Waals surface area contributed by atoms with Gasteiger partial charge in [0.25, 0.3) is 0 Å². The molecule has 1 aromatic heterocycles. The summed E-state index contributed by atoms with van der Waals surface area (Å²) < 4.78 is 6.14. The van der Waals surface area contributed by atoms with Crippen molar-refractivity contribution in [3.63, 3.8) is 0 Å². The average molecular weight is 303 g/mol. The molecule has 2 heterocycles. The lowest BCUT2D eigenvalue weighted by Crippen LogP contribution is -2.55. The molecule has 1 aliphatic rings. The summed E-state index contributed by atoms with van der Waals surface area (Å²) in [7, 11) is 0. The SMILES string of the molecule is Nc1nc(=O)n(CO)cc1C1O[C@H](CO)[C@@H](O)[C@H](O)[C@H]1O. The standard InChI is InChI=1S/C11H17N3O7/c12-10-4(1-14(3-16)11(20)13-10)9-8(19)7(18)6(17)5(2-15)21-9/h1,5-9,15-19H,2-3H2,(H2,12,13,20)/t5-,6-,7+,8-,9?/m1/s1. The molecule has 0 radical (unpaired) electrons. The quantitative estimate of drug-likeness (QED) is 0.328. The predicted octanol–water partition coefficient (Wildman–Crippen LogP) is -3.71. The molecule has 5 atom stereocenters. The van der Waals surface area contributed by atoms with Crippen molar-refractivity contribution >= 4 is 5.82 Å². The Hall–Kier alpha value is -1.56. The van der Waals surface area contributed by atoms with E-state index < -0.39 is 49.5 Å². The van der Waals surface area contributed by atoms with Crippen LogP contribution in [0.1, 0.15) is 11.7 Å². The Bertz CT molecular complexity index is 561. The second-order valence-electron chi connectivity index (χ2n) is 4.72. The van der Waals surface area contributed by atoms with Crippen LogP contribution in [0.4, 0.5) is 5.82 Å². The van der Waals surface area contributed by atoms with Crippen LogP contribution in [0.5, 0.6) is 0 Å². The fraction of sp³-hybridized carbons (Fsp3) is 0.636. The molecule has 0 amide bonds. The van der Waals surface area contributed by atoms with Crippen LogP contribution in [0.2, 0.25) is 0 Å². The Kier molecular flexibility index (Phi) is 4.56. The number of nitrogen functional groups attached to an aromatic ring is 1. The minimum Gasteiger partial charge on any atom is -0.394 e. The number of aromatic nitrogens is 2. The molecule has 1 unspecified atom stereocenters. The van der Waals surface area contributed by atoms with Gasteiger partial charge in [0.1, 0.15) is 43.1 Å². The molecule has 0 spiro atoms. The maximum Gasteiger partial charge on any atom is 0.351 e. The van der Waals surface area contributed by atoms with Crippen molar-refractivity contribution in [2.75, 3.05) is 12.3 Å². The van der Waals surface area contributed by atoms with Gasteiger partial charge < -0.3 is 36.0 Å². The van der Waals surface area contributed by atoms with E-state index in [0.29, 0.717) is 0 Å². The molecule has 1 fully saturated rings. The highest BCUT2D eigenvalue weighted by molar-refractivity contribution is 5.39. The van der Waals surface area contributed by atoms with E-state index in [2.05, 4.69) is 4.98 Å². The third kappa shape index (κ3) is 2.77. The highest BCUT2D eigenvalue weighted by Crippen LogP contribution is 2.33. The molecule has 1 aliphatic heterocycles. The maximum absolute atomic E-state index is 11.4. The zero-order valence-corrected chi connectivity index (χ0v) is 10.9. The van der Waals surface area contributed by atoms with E-state index in [1.807, 2.05) is 0 Å². The largest absolute Gasteiger partial charge is 0.394 e. The first kappa shape index (κ1) is 15.8. The molecule has 0 aromatic carbocycles. The molecule has 0 saturated carbocycles. The summed E-state index contributed by atoms with van der Waals surface area (Å²) in [4.78, 5) is 14.9. The molecule has 1 aromatic rings. The van der Waals surface area contributed by atoms with Gasteiger partial charge in [-0.2, -0.15) is 4.98 Å². The monoisotopic (exact) mass is 303 g/mol. The van der Waals surface area contributed by atoms with Crippen molar-refractivity contribution in [2.24, 2.45) is 0 Å². The molecule has 1 saturated heterocycles. The molecule has 0 bridgehead atoms. The number of nitrogens with two attached hydrogens (primary N) is 1. The summed E-state index contributed by atoms with van der Waals surface area (Å²) in [6, 6.07) is 0. The topological polar surface area (TPSA) is 171 Å². The number of hydrogen-bond donors (Lipinski definition) is 6. The van der Waals surface area contributed by atoms with Gasteiger partial charge in [0.05, 0.1) is 6.61 Å². The highest BCUT2D eigenvalue weighted by Gasteiger charge is 2.44. The van der Waals surface area contributed by atoms with E-state index in [9.17, 15) is 20.1 Å². The number of aliphatic hydroxyl groups excluding tert-OH is 5. The van der Waals surface area contributed by atoms with Crippen molar-refractivity contribution < 1.29 is 30.3 Å². The summed E-state index contributed by atoms with van der Waals surface area (Å²) in [6.07, 6.45) is -5.81. The molecule has 0 aliphatic carbocycles. The lowest BCUT2D eigenvalue weighted by Gasteiger charge is -2.40. The van der Waals surface area contributed by atoms with E-state index in [1.165, 1.54) is 0 Å². The van der Waals surface area contributed by atoms with Crippen LogP contribution in [0.15, 0.2) is 11.0 Å². The van der Waals surface area contributed by atoms with Crippen LogP contribution in [-0.4, -0.2) is 66.1 Å². The first-order chi connectivity index (χ1) is 9.90. The molecule has 10 nitrogen and oxygen atoms in total. The predicted molar refractivity (Wildman–Crippen MR) is 67.8 cm³/mol. The minimum absolute atomic E-state index is 0.0561. The first-order valence-electron chi connectivity index (χ1n) is 6.19. The molecule has 118 valence electrons. The van der Waals surface area contributed by atoms with Crippen molar-refractivity contribution in [1.82, 2.24) is 9.55 Å². The zero-order chi connectivity index (χ0) is 15.7. The second kappa shape index (κ2) is 6.05. The van der Waals surface area contributed by atoms with Crippen LogP contribution in [0, 0.1) is 0 Å². The van der Waals surface area contributed by atoms with Crippen molar-refractivity contribution in [3.05, 3.63) is 22.2 Å². The Labute approximate surface area is 118 Å². The molecule has 7 N–H and O–H groups in total. The van der Waals surface area contributed by atoms with Gasteiger partial charge in [0.2, 0.25) is 0 Å². The van der Waals surface area contributed by atoms with Crippen LogP contribution in [-0.2, 0) is 11.5 Å². The van der Waals surface area contributed by atoms with Gasteiger partial charge in [-0.25, -0.2) is 4.79 Å². The highest BCUT2D eigenvalue weighted by atomic mass is 16.5. The van der Waals surface area contributed by atoms with Crippen molar-refractivity contribution in [3.8, 4) is 0 Å². The Morgan fingerprint density at radius 2 is 1.90 bits per heavy atom. The van der Waals surface area contributed by atoms with Gasteiger partial charge in [0.15, 0.2) is 0 Å². The third-order valence-electron chi connectivity index (χ3n) is 3.40. The number of hydrogen-bond acceptors (Lipinski definition) is 9. The minimum atomic E-state index is -1.57. The Morgan fingerprint density at radius 1 is 1.24 bits per heavy atom. The molecule has 21 heavy (non-hydrogen) atoms. The number of ether oxygens (including phenoxy) is 1. The molecule has 10 heteroatoms. The fourth-order valence-electron chi connectivity index (χ4n) is 2.20. The van der Waals surface area contributed by atoms with Crippen LogP contribution < -0.4 is 11.4 Å². The smallest absolute Gasteiger partial charge is 0.351 e. The second-order valence-corrected chi connectivity index (χ2v) is 4.72. The Morgan fingerprint density at radius 3 is 2.48 bits per heavy atom. The number of rotatable bonds is 3. The number of anilines is 1. The lowest BCUT2D eigenvalue weighted by atomic mass is 9.92. The summed E-state index contributed by atoms with van der Waals surface area (Å²) in [5.74, 6) is -0.242. The fourth-order valence-corrected chi connectivity index (χ4v) is 2.20. The molecule has 2 rings (SSSR count). The number of nitrogens with zero attached hydrogens (tertiary/aromatic N) is 2. The van der Waals surface area contributed by atoms with Gasteiger partial charge in [-0.3, -0.25) is 4.57 Å². The van der Waals surface area contributed by atoms with E-state index in [-0.39, 0.29) is 11.4 Å². The van der Waals surface area contributed by atoms with Crippen LogP contribution in [0.25, 0.3) is 0 Å². The van der Waals surface area contributed by atoms with Crippen molar-refractivity contribution in [2.45, 2.75) is 37.3 Å². The summed E-state index contributed by atoms with van der Waals surface area (Å²) >= 11 is 0. The van der Waals surface area contributed by atoms with E-state index in [4.69, 9.17) is 20.7 Å². The van der Waals surface area contributed by atoms with Gasteiger partial charge in [-0.05, 0) is 0 Å². The van der Waals surface area contributed by atoms with E-state index >= 15 is 0 Å². The summed E-state index contributed by atoms with van der Waals surface area (Å²) in [5, 5.41) is 47.6. The maximum atomic E-state index is 11.4. The van der Waals surface area contributed by atoms with E-state index in [0.717, 1.165) is 10.8 Å². The van der Waals surface area contributed by atoms with Crippen molar-refractivity contribution in [1.29, 1.82) is 0 Å². The first-order valence-corrected chi connectivity index (χ1v) is 6.19. The molecular weight excluding hydrogens is 286 g/mol. The van der Waals surface area contributed by atoms with Gasteiger partial charge in [-0.15, -0.1) is 0 Å². The average Bonchev–Trinajstić information content (AvgIpc) is 2.46. The normalized spacial score (nSPS) is 33.1. The lowest BCUT2D eigenvalue weighted by molar-refractivity contribution is -0.231. The van der Waals surface area contributed by atoms with Gasteiger partial charge in [-0.1, -0.05) is 0 Å². The van der Waals surface area contributed by atoms with Crippen LogP contribution >= 0.6 is 0 Å². The van der Waals surface area contributed by atoms with Gasteiger partial charge >= 0.3 is 5.69 Å². The van der Waals surface area contributed by atoms with Crippen LogP contribution in [0.3, 0.4) is 0 Å². The zero-order valence-electron chi connectivity index (χ0n) is 10.9. The third-order valence-corrected chi connectivity index (χ3v) is 3.40.